The summed E-state index contributed by atoms with van der Waals surface area (Å²) in [5.41, 5.74) is 8.08. The quantitative estimate of drug-likeness (QED) is 0.287. The molecule has 8 heteroatoms. The zero-order valence-corrected chi connectivity index (χ0v) is 16.9. The molecule has 1 aliphatic rings. The summed E-state index contributed by atoms with van der Waals surface area (Å²) < 4.78 is 6.42. The Morgan fingerprint density at radius 2 is 2.12 bits per heavy atom. The number of aliphatic hydroxyl groups excluding tert-OH is 1. The average molecular weight is 432 g/mol. The summed E-state index contributed by atoms with van der Waals surface area (Å²) in [4.78, 5) is 4.18. The Morgan fingerprint density at radius 1 is 1.44 bits per heavy atom. The zero-order valence-electron chi connectivity index (χ0n) is 14.6. The Hall–Kier alpha value is -1.28. The summed E-state index contributed by atoms with van der Waals surface area (Å²) in [6.45, 7) is 6.78. The van der Waals surface area contributed by atoms with E-state index in [0.29, 0.717) is 46.0 Å². The van der Waals surface area contributed by atoms with Gasteiger partial charge < -0.3 is 20.6 Å². The molecule has 1 heterocycles. The van der Waals surface area contributed by atoms with Crippen molar-refractivity contribution in [2.75, 3.05) is 23.9 Å². The first-order chi connectivity index (χ1) is 11.6. The third-order valence-corrected chi connectivity index (χ3v) is 4.66. The van der Waals surface area contributed by atoms with Crippen molar-refractivity contribution in [3.8, 4) is 5.75 Å². The molecule has 5 N–H and O–H groups in total. The lowest BCUT2D eigenvalue weighted by molar-refractivity contribution is 0.310. The summed E-state index contributed by atoms with van der Waals surface area (Å²) in [5.74, 6) is 6.99. The van der Waals surface area contributed by atoms with Crippen LogP contribution < -0.4 is 21.3 Å². The molecule has 1 aliphatic heterocycles. The van der Waals surface area contributed by atoms with E-state index in [-0.39, 0.29) is 17.4 Å². The van der Waals surface area contributed by atoms with E-state index in [4.69, 9.17) is 27.9 Å². The molecule has 1 aromatic rings. The molecule has 0 amide bonds. The fraction of sp³-hybridized carbons (Fsp3) is 0.471. The van der Waals surface area contributed by atoms with Crippen molar-refractivity contribution in [3.05, 3.63) is 28.1 Å². The highest BCUT2D eigenvalue weighted by Crippen LogP contribution is 2.39. The Labute approximate surface area is 161 Å². The van der Waals surface area contributed by atoms with Gasteiger partial charge in [-0.05, 0) is 39.9 Å². The highest BCUT2D eigenvalue weighted by molar-refractivity contribution is 9.10. The van der Waals surface area contributed by atoms with Crippen molar-refractivity contribution in [3.63, 3.8) is 0 Å². The van der Waals surface area contributed by atoms with Gasteiger partial charge in [-0.3, -0.25) is 0 Å². The van der Waals surface area contributed by atoms with Crippen LogP contribution in [-0.2, 0) is 0 Å². The van der Waals surface area contributed by atoms with E-state index in [0.717, 1.165) is 0 Å². The van der Waals surface area contributed by atoms with Gasteiger partial charge in [-0.1, -0.05) is 20.8 Å². The van der Waals surface area contributed by atoms with Crippen LogP contribution in [0, 0.1) is 5.41 Å². The van der Waals surface area contributed by atoms with Crippen molar-refractivity contribution in [2.45, 2.75) is 32.6 Å². The zero-order chi connectivity index (χ0) is 18.8. The standard InChI is InChI=1S/C17H24BrClN4O2/c1-17(2,3)9-23(21)12-4-5-13(14(18)15(12)20)25-16-10(8-24)6-11(19)7-22-16/h4-5,7,11,24H,6,8-9,20-21H2,1-3H3. The van der Waals surface area contributed by atoms with Crippen molar-refractivity contribution in [2.24, 2.45) is 16.3 Å². The Kier molecular flexibility index (Phi) is 6.37. The third-order valence-electron chi connectivity index (χ3n) is 3.57. The van der Waals surface area contributed by atoms with E-state index < -0.39 is 0 Å². The van der Waals surface area contributed by atoms with Crippen LogP contribution in [0.25, 0.3) is 0 Å². The van der Waals surface area contributed by atoms with Gasteiger partial charge in [0.05, 0.1) is 27.8 Å². The summed E-state index contributed by atoms with van der Waals surface area (Å²) >= 11 is 9.49. The average Bonchev–Trinajstić information content (AvgIpc) is 2.51. The highest BCUT2D eigenvalue weighted by atomic mass is 79.9. The van der Waals surface area contributed by atoms with Gasteiger partial charge in [-0.15, -0.1) is 11.6 Å². The topological polar surface area (TPSA) is 97.1 Å². The minimum Gasteiger partial charge on any atom is -0.438 e. The molecule has 1 atom stereocenters. The molecule has 0 bridgehead atoms. The van der Waals surface area contributed by atoms with E-state index in [1.807, 2.05) is 0 Å². The smallest absolute Gasteiger partial charge is 0.220 e. The number of benzene rings is 1. The number of hydrogen-bond acceptors (Lipinski definition) is 6. The van der Waals surface area contributed by atoms with E-state index in [1.165, 1.54) is 0 Å². The van der Waals surface area contributed by atoms with Crippen LogP contribution in [-0.4, -0.2) is 29.8 Å². The van der Waals surface area contributed by atoms with Gasteiger partial charge in [0.25, 0.3) is 0 Å². The molecule has 2 rings (SSSR count). The Balaban J connectivity index is 2.27. The summed E-state index contributed by atoms with van der Waals surface area (Å²) in [7, 11) is 0. The second-order valence-electron chi connectivity index (χ2n) is 7.17. The van der Waals surface area contributed by atoms with Crippen molar-refractivity contribution in [1.82, 2.24) is 0 Å². The van der Waals surface area contributed by atoms with E-state index in [1.54, 1.807) is 23.4 Å². The van der Waals surface area contributed by atoms with Gasteiger partial charge in [0.15, 0.2) is 0 Å². The first-order valence-corrected chi connectivity index (χ1v) is 9.14. The molecule has 0 spiro atoms. The predicted octanol–water partition coefficient (Wildman–Crippen LogP) is 3.42. The predicted molar refractivity (Wildman–Crippen MR) is 107 cm³/mol. The second-order valence-corrected chi connectivity index (χ2v) is 8.52. The lowest BCUT2D eigenvalue weighted by Gasteiger charge is -2.29. The summed E-state index contributed by atoms with van der Waals surface area (Å²) in [6.07, 6.45) is 2.08. The molecule has 0 radical (unpaired) electrons. The number of hydrogen-bond donors (Lipinski definition) is 3. The molecule has 0 saturated heterocycles. The fourth-order valence-corrected chi connectivity index (χ4v) is 3.10. The molecule has 1 unspecified atom stereocenters. The Bertz CT molecular complexity index is 701. The van der Waals surface area contributed by atoms with Gasteiger partial charge in [0.2, 0.25) is 5.88 Å². The van der Waals surface area contributed by atoms with Gasteiger partial charge in [-0.2, -0.15) is 0 Å². The number of aliphatic imine (C=N–C) groups is 1. The second kappa shape index (κ2) is 7.95. The molecule has 0 aliphatic carbocycles. The molecular formula is C17H24BrClN4O2. The SMILES string of the molecule is CC(C)(C)CN(N)c1ccc(OC2=C(CO)CC(Cl)C=N2)c(Br)c1N. The number of halogens is 2. The number of nitrogen functional groups attached to an aromatic ring is 1. The van der Waals surface area contributed by atoms with Crippen molar-refractivity contribution < 1.29 is 9.84 Å². The largest absolute Gasteiger partial charge is 0.438 e. The minimum absolute atomic E-state index is 0.0264. The first-order valence-electron chi connectivity index (χ1n) is 7.91. The maximum Gasteiger partial charge on any atom is 0.220 e. The Morgan fingerprint density at radius 3 is 2.72 bits per heavy atom. The number of alkyl halides is 1. The number of hydrazine groups is 1. The van der Waals surface area contributed by atoms with Crippen LogP contribution in [0.5, 0.6) is 5.75 Å². The van der Waals surface area contributed by atoms with Crippen molar-refractivity contribution in [1.29, 1.82) is 0 Å². The van der Waals surface area contributed by atoms with Crippen LogP contribution in [0.3, 0.4) is 0 Å². The summed E-state index contributed by atoms with van der Waals surface area (Å²) in [5, 5.41) is 10.9. The van der Waals surface area contributed by atoms with Crippen LogP contribution in [0.1, 0.15) is 27.2 Å². The van der Waals surface area contributed by atoms with E-state index >= 15 is 0 Å². The van der Waals surface area contributed by atoms with Crippen LogP contribution in [0.15, 0.2) is 33.1 Å². The van der Waals surface area contributed by atoms with Gasteiger partial charge in [0.1, 0.15) is 5.75 Å². The first kappa shape index (κ1) is 20.0. The molecule has 0 fully saturated rings. The number of nitrogens with zero attached hydrogens (tertiary/aromatic N) is 2. The molecule has 0 saturated carbocycles. The lowest BCUT2D eigenvalue weighted by Crippen LogP contribution is -2.38. The maximum atomic E-state index is 9.48. The van der Waals surface area contributed by atoms with Crippen molar-refractivity contribution >= 4 is 45.1 Å². The summed E-state index contributed by atoms with van der Waals surface area (Å²) in [6, 6.07) is 3.57. The molecule has 6 nitrogen and oxygen atoms in total. The fourth-order valence-electron chi connectivity index (χ4n) is 2.44. The highest BCUT2D eigenvalue weighted by Gasteiger charge is 2.21. The van der Waals surface area contributed by atoms with Gasteiger partial charge >= 0.3 is 0 Å². The monoisotopic (exact) mass is 430 g/mol. The van der Waals surface area contributed by atoms with E-state index in [2.05, 4.69) is 41.7 Å². The molecular weight excluding hydrogens is 408 g/mol. The maximum absolute atomic E-state index is 9.48. The normalized spacial score (nSPS) is 17.8. The number of nitrogens with two attached hydrogens (primary N) is 2. The van der Waals surface area contributed by atoms with E-state index in [9.17, 15) is 5.11 Å². The van der Waals surface area contributed by atoms with Crippen LogP contribution in [0.2, 0.25) is 0 Å². The molecule has 0 aromatic heterocycles. The van der Waals surface area contributed by atoms with Gasteiger partial charge in [-0.25, -0.2) is 10.8 Å². The number of ether oxygens (including phenoxy) is 1. The lowest BCUT2D eigenvalue weighted by atomic mass is 9.96. The molecule has 138 valence electrons. The van der Waals surface area contributed by atoms with Crippen LogP contribution in [0.4, 0.5) is 11.4 Å². The van der Waals surface area contributed by atoms with Crippen LogP contribution >= 0.6 is 27.5 Å². The third kappa shape index (κ3) is 5.10. The van der Waals surface area contributed by atoms with Gasteiger partial charge in [0, 0.05) is 18.3 Å². The number of aliphatic hydroxyl groups is 1. The number of rotatable bonds is 5. The molecule has 25 heavy (non-hydrogen) atoms. The number of anilines is 2. The minimum atomic E-state index is -0.242. The molecule has 1 aromatic carbocycles.